The van der Waals surface area contributed by atoms with Crippen molar-refractivity contribution >= 4 is 33.1 Å². The van der Waals surface area contributed by atoms with Crippen LogP contribution in [-0.2, 0) is 28.2 Å². The summed E-state index contributed by atoms with van der Waals surface area (Å²) in [4.78, 5) is 10.0. The summed E-state index contributed by atoms with van der Waals surface area (Å²) in [6.45, 7) is 0.338. The summed E-state index contributed by atoms with van der Waals surface area (Å²) in [7, 11) is 0.954. The lowest BCUT2D eigenvalue weighted by Crippen LogP contribution is -2.19. The number of aromatic nitrogens is 6. The Morgan fingerprint density at radius 3 is 2.50 bits per heavy atom. The number of nitrogens with zero attached hydrogens (tertiary/aromatic N) is 6. The van der Waals surface area contributed by atoms with Crippen molar-refractivity contribution < 1.29 is 21.9 Å². The van der Waals surface area contributed by atoms with Crippen molar-refractivity contribution in [1.29, 1.82) is 0 Å². The van der Waals surface area contributed by atoms with Gasteiger partial charge in [-0.3, -0.25) is 9.78 Å². The van der Waals surface area contributed by atoms with E-state index in [2.05, 4.69) is 25.6 Å². The first-order valence-electron chi connectivity index (χ1n) is 11.7. The third-order valence-electron chi connectivity index (χ3n) is 6.13. The number of aromatic amines is 1. The standard InChI is InChI=1S/C24H26F2N8O3S/c1-33-11-14(10-27-33)21-20(13-5-6-13)23(28-19-7-15(12-37-3)31-32-19)30-24(29-21)34(2)22-17(25)8-16(9-18(22)26)38(4,35)36/h7-11,13H,5-6,12H2,1-4H3,(H2,28,29,30,31,32). The smallest absolute Gasteiger partial charge is 0.232 e. The van der Waals surface area contributed by atoms with Crippen LogP contribution in [0.15, 0.2) is 35.5 Å². The van der Waals surface area contributed by atoms with Gasteiger partial charge >= 0.3 is 0 Å². The van der Waals surface area contributed by atoms with Crippen LogP contribution in [0.2, 0.25) is 0 Å². The second-order valence-corrected chi connectivity index (χ2v) is 11.2. The number of nitrogens with one attached hydrogen (secondary N) is 2. The molecule has 3 aromatic heterocycles. The molecule has 200 valence electrons. The molecule has 5 rings (SSSR count). The van der Waals surface area contributed by atoms with E-state index in [-0.39, 0.29) is 11.9 Å². The molecule has 3 heterocycles. The van der Waals surface area contributed by atoms with E-state index in [4.69, 9.17) is 9.72 Å². The predicted molar refractivity (Wildman–Crippen MR) is 136 cm³/mol. The average Bonchev–Trinajstić information content (AvgIpc) is 3.44. The highest BCUT2D eigenvalue weighted by Crippen LogP contribution is 2.48. The van der Waals surface area contributed by atoms with Crippen molar-refractivity contribution in [1.82, 2.24) is 29.9 Å². The summed E-state index contributed by atoms with van der Waals surface area (Å²) in [5.74, 6) is -1.01. The minimum Gasteiger partial charge on any atom is -0.378 e. The molecular weight excluding hydrogens is 518 g/mol. The number of H-pyrrole nitrogens is 1. The van der Waals surface area contributed by atoms with Crippen LogP contribution in [0.3, 0.4) is 0 Å². The normalized spacial score (nSPS) is 13.6. The van der Waals surface area contributed by atoms with Crippen molar-refractivity contribution in [3.63, 3.8) is 0 Å². The molecule has 1 saturated carbocycles. The van der Waals surface area contributed by atoms with Gasteiger partial charge in [0, 0.05) is 50.9 Å². The zero-order valence-corrected chi connectivity index (χ0v) is 22.0. The van der Waals surface area contributed by atoms with Crippen LogP contribution in [0, 0.1) is 11.6 Å². The number of ether oxygens (including phenoxy) is 1. The van der Waals surface area contributed by atoms with Gasteiger partial charge in [-0.2, -0.15) is 15.2 Å². The highest BCUT2D eigenvalue weighted by molar-refractivity contribution is 7.90. The fourth-order valence-corrected chi connectivity index (χ4v) is 4.81. The monoisotopic (exact) mass is 544 g/mol. The first-order valence-corrected chi connectivity index (χ1v) is 13.6. The molecule has 0 spiro atoms. The van der Waals surface area contributed by atoms with E-state index in [0.717, 1.165) is 47.4 Å². The van der Waals surface area contributed by atoms with E-state index in [0.29, 0.717) is 29.5 Å². The van der Waals surface area contributed by atoms with Crippen molar-refractivity contribution in [2.75, 3.05) is 30.6 Å². The largest absolute Gasteiger partial charge is 0.378 e. The van der Waals surface area contributed by atoms with E-state index in [9.17, 15) is 8.42 Å². The topological polar surface area (TPSA) is 131 Å². The van der Waals surface area contributed by atoms with Gasteiger partial charge in [-0.25, -0.2) is 22.2 Å². The summed E-state index contributed by atoms with van der Waals surface area (Å²) in [6, 6.07) is 3.34. The number of anilines is 4. The van der Waals surface area contributed by atoms with Gasteiger partial charge in [-0.1, -0.05) is 0 Å². The second-order valence-electron chi connectivity index (χ2n) is 9.21. The van der Waals surface area contributed by atoms with Crippen molar-refractivity contribution in [3.8, 4) is 11.3 Å². The predicted octanol–water partition coefficient (Wildman–Crippen LogP) is 3.82. The molecule has 0 atom stereocenters. The number of rotatable bonds is 9. The Morgan fingerprint density at radius 1 is 1.21 bits per heavy atom. The minimum atomic E-state index is -3.81. The van der Waals surface area contributed by atoms with E-state index >= 15 is 8.78 Å². The molecule has 1 aliphatic carbocycles. The Labute approximate surface area is 217 Å². The highest BCUT2D eigenvalue weighted by atomic mass is 32.2. The molecule has 2 N–H and O–H groups in total. The van der Waals surface area contributed by atoms with Gasteiger partial charge in [-0.15, -0.1) is 0 Å². The fraction of sp³-hybridized carbons (Fsp3) is 0.333. The van der Waals surface area contributed by atoms with Crippen LogP contribution in [0.4, 0.5) is 32.1 Å². The Bertz CT molecular complexity index is 1590. The molecule has 0 saturated heterocycles. The summed E-state index contributed by atoms with van der Waals surface area (Å²) in [6.07, 6.45) is 6.22. The van der Waals surface area contributed by atoms with Gasteiger partial charge < -0.3 is 15.0 Å². The minimum absolute atomic E-state index is 0.00620. The lowest BCUT2D eigenvalue weighted by atomic mass is 10.1. The number of methoxy groups -OCH3 is 1. The molecule has 0 radical (unpaired) electrons. The summed E-state index contributed by atoms with van der Waals surface area (Å²) in [5, 5.41) is 14.6. The molecule has 1 aromatic carbocycles. The molecular formula is C24H26F2N8O3S. The van der Waals surface area contributed by atoms with E-state index in [1.807, 2.05) is 0 Å². The molecule has 0 unspecified atom stereocenters. The first kappa shape index (κ1) is 25.7. The Balaban J connectivity index is 1.65. The van der Waals surface area contributed by atoms with Crippen LogP contribution < -0.4 is 10.2 Å². The Morgan fingerprint density at radius 2 is 1.92 bits per heavy atom. The molecule has 38 heavy (non-hydrogen) atoms. The highest BCUT2D eigenvalue weighted by Gasteiger charge is 2.33. The zero-order chi connectivity index (χ0) is 27.2. The SMILES string of the molecule is COCc1cc(Nc2nc(N(C)c3c(F)cc(S(C)(=O)=O)cc3F)nc(-c3cnn(C)c3)c2C2CC2)n[nH]1. The molecule has 4 aromatic rings. The van der Waals surface area contributed by atoms with Crippen LogP contribution in [0.25, 0.3) is 11.3 Å². The number of aryl methyl sites for hydroxylation is 1. The maximum atomic E-state index is 15.1. The molecule has 0 aliphatic heterocycles. The third kappa shape index (κ3) is 5.09. The van der Waals surface area contributed by atoms with E-state index < -0.39 is 32.1 Å². The fourth-order valence-electron chi connectivity index (χ4n) is 4.18. The number of sulfone groups is 1. The molecule has 14 heteroatoms. The third-order valence-corrected chi connectivity index (χ3v) is 7.22. The number of hydrogen-bond acceptors (Lipinski definition) is 9. The van der Waals surface area contributed by atoms with E-state index in [1.165, 1.54) is 7.05 Å². The maximum absolute atomic E-state index is 15.1. The molecule has 0 amide bonds. The van der Waals surface area contributed by atoms with Gasteiger partial charge in [-0.05, 0) is 30.9 Å². The lowest BCUT2D eigenvalue weighted by Gasteiger charge is -2.22. The lowest BCUT2D eigenvalue weighted by molar-refractivity contribution is 0.181. The number of halogens is 2. The number of hydrogen-bond donors (Lipinski definition) is 2. The van der Waals surface area contributed by atoms with Gasteiger partial charge in [0.15, 0.2) is 27.3 Å². The average molecular weight is 545 g/mol. The van der Waals surface area contributed by atoms with Crippen molar-refractivity contribution in [2.45, 2.75) is 30.3 Å². The van der Waals surface area contributed by atoms with Gasteiger partial charge in [0.1, 0.15) is 11.5 Å². The van der Waals surface area contributed by atoms with Crippen molar-refractivity contribution in [2.24, 2.45) is 7.05 Å². The van der Waals surface area contributed by atoms with Gasteiger partial charge in [0.25, 0.3) is 0 Å². The summed E-state index contributed by atoms with van der Waals surface area (Å²) < 4.78 is 60.7. The molecule has 1 aliphatic rings. The Hall–Kier alpha value is -3.91. The summed E-state index contributed by atoms with van der Waals surface area (Å²) in [5.41, 5.74) is 2.39. The Kier molecular flexibility index (Phi) is 6.61. The molecule has 1 fully saturated rings. The maximum Gasteiger partial charge on any atom is 0.232 e. The van der Waals surface area contributed by atoms with Crippen LogP contribution >= 0.6 is 0 Å². The van der Waals surface area contributed by atoms with Crippen molar-refractivity contribution in [3.05, 3.63) is 53.5 Å². The van der Waals surface area contributed by atoms with Crippen LogP contribution in [-0.4, -0.2) is 58.8 Å². The first-order chi connectivity index (χ1) is 18.0. The second kappa shape index (κ2) is 9.76. The van der Waals surface area contributed by atoms with Gasteiger partial charge in [0.2, 0.25) is 5.95 Å². The quantitative estimate of drug-likeness (QED) is 0.323. The van der Waals surface area contributed by atoms with E-state index in [1.54, 1.807) is 37.3 Å². The number of benzene rings is 1. The molecule has 0 bridgehead atoms. The van der Waals surface area contributed by atoms with Crippen LogP contribution in [0.1, 0.15) is 30.0 Å². The zero-order valence-electron chi connectivity index (χ0n) is 21.2. The summed E-state index contributed by atoms with van der Waals surface area (Å²) >= 11 is 0. The van der Waals surface area contributed by atoms with Gasteiger partial charge in [0.05, 0.1) is 29.1 Å². The molecule has 11 nitrogen and oxygen atoms in total. The van der Waals surface area contributed by atoms with Crippen LogP contribution in [0.5, 0.6) is 0 Å².